The summed E-state index contributed by atoms with van der Waals surface area (Å²) in [5.74, 6) is -0.794. The molecule has 0 spiro atoms. The van der Waals surface area contributed by atoms with Crippen LogP contribution in [0.3, 0.4) is 0 Å². The van der Waals surface area contributed by atoms with Crippen LogP contribution in [0.25, 0.3) is 0 Å². The molecular formula is C18H20F2N2O. The van der Waals surface area contributed by atoms with E-state index in [0.29, 0.717) is 24.5 Å². The van der Waals surface area contributed by atoms with Crippen LogP contribution in [0, 0.1) is 11.6 Å². The third-order valence-corrected chi connectivity index (χ3v) is 4.02. The third kappa shape index (κ3) is 3.55. The molecule has 3 rings (SSSR count). The highest BCUT2D eigenvalue weighted by Crippen LogP contribution is 2.33. The van der Waals surface area contributed by atoms with Crippen molar-refractivity contribution in [1.29, 1.82) is 0 Å². The van der Waals surface area contributed by atoms with Gasteiger partial charge in [0, 0.05) is 31.3 Å². The molecule has 122 valence electrons. The van der Waals surface area contributed by atoms with E-state index in [2.05, 4.69) is 17.1 Å². The Morgan fingerprint density at radius 2 is 1.91 bits per heavy atom. The lowest BCUT2D eigenvalue weighted by atomic mass is 10.1. The van der Waals surface area contributed by atoms with E-state index in [9.17, 15) is 8.78 Å². The van der Waals surface area contributed by atoms with Crippen molar-refractivity contribution in [3.8, 4) is 5.75 Å². The minimum absolute atomic E-state index is 0.212. The average Bonchev–Trinajstić information content (AvgIpc) is 2.56. The first-order valence-corrected chi connectivity index (χ1v) is 7.82. The van der Waals surface area contributed by atoms with Crippen molar-refractivity contribution in [2.24, 2.45) is 0 Å². The number of nitrogens with one attached hydrogen (secondary N) is 1. The lowest BCUT2D eigenvalue weighted by molar-refractivity contribution is 0.310. The van der Waals surface area contributed by atoms with Crippen LogP contribution < -0.4 is 15.0 Å². The van der Waals surface area contributed by atoms with Gasteiger partial charge in [0.15, 0.2) is 11.6 Å². The SMILES string of the molecule is CC1CNc2cc(F)c(F)cc2N1CCCOc1ccccc1. The molecular weight excluding hydrogens is 298 g/mol. The molecule has 0 radical (unpaired) electrons. The Labute approximate surface area is 134 Å². The molecule has 0 amide bonds. The molecule has 3 nitrogen and oxygen atoms in total. The van der Waals surface area contributed by atoms with Gasteiger partial charge in [0.2, 0.25) is 0 Å². The summed E-state index contributed by atoms with van der Waals surface area (Å²) in [5.41, 5.74) is 1.35. The van der Waals surface area contributed by atoms with Crippen LogP contribution in [0.15, 0.2) is 42.5 Å². The average molecular weight is 318 g/mol. The topological polar surface area (TPSA) is 24.5 Å². The second-order valence-electron chi connectivity index (χ2n) is 5.72. The summed E-state index contributed by atoms with van der Waals surface area (Å²) in [4.78, 5) is 2.10. The molecule has 0 aliphatic carbocycles. The molecule has 5 heteroatoms. The zero-order chi connectivity index (χ0) is 16.2. The van der Waals surface area contributed by atoms with Crippen molar-refractivity contribution in [3.05, 3.63) is 54.1 Å². The molecule has 0 saturated heterocycles. The Bertz CT molecular complexity index is 664. The summed E-state index contributed by atoms with van der Waals surface area (Å²) in [7, 11) is 0. The molecule has 2 aromatic carbocycles. The van der Waals surface area contributed by atoms with Crippen LogP contribution in [0.1, 0.15) is 13.3 Å². The fourth-order valence-electron chi connectivity index (χ4n) is 2.80. The van der Waals surface area contributed by atoms with E-state index in [0.717, 1.165) is 18.7 Å². The Balaban J connectivity index is 1.62. The number of rotatable bonds is 5. The number of halogens is 2. The maximum atomic E-state index is 13.6. The molecule has 2 aromatic rings. The van der Waals surface area contributed by atoms with Crippen molar-refractivity contribution in [1.82, 2.24) is 0 Å². The number of para-hydroxylation sites is 1. The van der Waals surface area contributed by atoms with Crippen LogP contribution in [0.2, 0.25) is 0 Å². The second-order valence-corrected chi connectivity index (χ2v) is 5.72. The smallest absolute Gasteiger partial charge is 0.161 e. The number of hydrogen-bond acceptors (Lipinski definition) is 3. The fraction of sp³-hybridized carbons (Fsp3) is 0.333. The fourth-order valence-corrected chi connectivity index (χ4v) is 2.80. The van der Waals surface area contributed by atoms with E-state index in [1.165, 1.54) is 12.1 Å². The lowest BCUT2D eigenvalue weighted by Gasteiger charge is -2.37. The Hall–Kier alpha value is -2.30. The number of anilines is 2. The van der Waals surface area contributed by atoms with Gasteiger partial charge >= 0.3 is 0 Å². The normalized spacial score (nSPS) is 16.7. The quantitative estimate of drug-likeness (QED) is 0.842. The van der Waals surface area contributed by atoms with E-state index in [1.54, 1.807) is 0 Å². The molecule has 1 N–H and O–H groups in total. The molecule has 23 heavy (non-hydrogen) atoms. The predicted octanol–water partition coefficient (Wildman–Crippen LogP) is 4.05. The standard InChI is InChI=1S/C18H20F2N2O/c1-13-12-21-17-10-15(19)16(20)11-18(17)22(13)8-5-9-23-14-6-3-2-4-7-14/h2-4,6-7,10-11,13,21H,5,8-9,12H2,1H3. The van der Waals surface area contributed by atoms with Gasteiger partial charge < -0.3 is 15.0 Å². The van der Waals surface area contributed by atoms with Crippen molar-refractivity contribution in [2.45, 2.75) is 19.4 Å². The zero-order valence-corrected chi connectivity index (χ0v) is 13.1. The number of hydrogen-bond donors (Lipinski definition) is 1. The molecule has 1 aliphatic rings. The predicted molar refractivity (Wildman–Crippen MR) is 88.2 cm³/mol. The van der Waals surface area contributed by atoms with Crippen molar-refractivity contribution in [2.75, 3.05) is 29.9 Å². The minimum Gasteiger partial charge on any atom is -0.494 e. The summed E-state index contributed by atoms with van der Waals surface area (Å²) in [6.07, 6.45) is 0.803. The van der Waals surface area contributed by atoms with Crippen molar-refractivity contribution >= 4 is 11.4 Å². The second kappa shape index (κ2) is 6.86. The highest BCUT2D eigenvalue weighted by Gasteiger charge is 2.24. The summed E-state index contributed by atoms with van der Waals surface area (Å²) < 4.78 is 32.6. The monoisotopic (exact) mass is 318 g/mol. The molecule has 0 aromatic heterocycles. The Morgan fingerprint density at radius 1 is 1.17 bits per heavy atom. The van der Waals surface area contributed by atoms with Gasteiger partial charge in [0.1, 0.15) is 5.75 Å². The maximum Gasteiger partial charge on any atom is 0.161 e. The number of benzene rings is 2. The van der Waals surface area contributed by atoms with E-state index < -0.39 is 11.6 Å². The molecule has 0 saturated carbocycles. The van der Waals surface area contributed by atoms with Crippen molar-refractivity contribution < 1.29 is 13.5 Å². The van der Waals surface area contributed by atoms with Crippen LogP contribution in [-0.4, -0.2) is 25.7 Å². The maximum absolute atomic E-state index is 13.6. The van der Waals surface area contributed by atoms with E-state index in [4.69, 9.17) is 4.74 Å². The first-order chi connectivity index (χ1) is 11.1. The lowest BCUT2D eigenvalue weighted by Crippen LogP contribution is -2.43. The van der Waals surface area contributed by atoms with E-state index in [1.807, 2.05) is 30.3 Å². The number of fused-ring (bicyclic) bond motifs is 1. The van der Waals surface area contributed by atoms with Gasteiger partial charge in [-0.2, -0.15) is 0 Å². The van der Waals surface area contributed by atoms with E-state index >= 15 is 0 Å². The molecule has 1 unspecified atom stereocenters. The number of ether oxygens (including phenoxy) is 1. The largest absolute Gasteiger partial charge is 0.494 e. The van der Waals surface area contributed by atoms with Gasteiger partial charge in [-0.15, -0.1) is 0 Å². The van der Waals surface area contributed by atoms with Crippen LogP contribution in [0.5, 0.6) is 5.75 Å². The van der Waals surface area contributed by atoms with Gasteiger partial charge in [-0.05, 0) is 25.5 Å². The van der Waals surface area contributed by atoms with Crippen molar-refractivity contribution in [3.63, 3.8) is 0 Å². The summed E-state index contributed by atoms with van der Waals surface area (Å²) >= 11 is 0. The third-order valence-electron chi connectivity index (χ3n) is 4.02. The molecule has 1 atom stereocenters. The highest BCUT2D eigenvalue weighted by atomic mass is 19.2. The van der Waals surface area contributed by atoms with Crippen LogP contribution in [0.4, 0.5) is 20.2 Å². The van der Waals surface area contributed by atoms with Crippen LogP contribution in [-0.2, 0) is 0 Å². The molecule has 1 aliphatic heterocycles. The Morgan fingerprint density at radius 3 is 2.70 bits per heavy atom. The molecule has 1 heterocycles. The van der Waals surface area contributed by atoms with Gasteiger partial charge in [-0.3, -0.25) is 0 Å². The zero-order valence-electron chi connectivity index (χ0n) is 13.1. The van der Waals surface area contributed by atoms with Gasteiger partial charge in [-0.25, -0.2) is 8.78 Å². The first kappa shape index (κ1) is 15.6. The van der Waals surface area contributed by atoms with Crippen LogP contribution >= 0.6 is 0 Å². The first-order valence-electron chi connectivity index (χ1n) is 7.82. The number of nitrogens with zero attached hydrogens (tertiary/aromatic N) is 1. The highest BCUT2D eigenvalue weighted by molar-refractivity contribution is 5.73. The van der Waals surface area contributed by atoms with Gasteiger partial charge in [0.05, 0.1) is 18.0 Å². The Kier molecular flexibility index (Phi) is 4.65. The summed E-state index contributed by atoms with van der Waals surface area (Å²) in [5, 5.41) is 3.15. The van der Waals surface area contributed by atoms with Gasteiger partial charge in [0.25, 0.3) is 0 Å². The minimum atomic E-state index is -0.821. The summed E-state index contributed by atoms with van der Waals surface area (Å²) in [6, 6.07) is 12.4. The summed E-state index contributed by atoms with van der Waals surface area (Å²) in [6.45, 7) is 4.08. The molecule has 0 bridgehead atoms. The van der Waals surface area contributed by atoms with E-state index in [-0.39, 0.29) is 6.04 Å². The van der Waals surface area contributed by atoms with Gasteiger partial charge in [-0.1, -0.05) is 18.2 Å². The molecule has 0 fully saturated rings.